The molecule has 4 heteroatoms. The molecular weight excluding hydrogens is 178 g/mol. The van der Waals surface area contributed by atoms with E-state index in [1.54, 1.807) is 18.0 Å². The van der Waals surface area contributed by atoms with Crippen molar-refractivity contribution >= 4 is 17.4 Å². The molecule has 0 radical (unpaired) electrons. The van der Waals surface area contributed by atoms with Crippen LogP contribution in [-0.2, 0) is 4.79 Å². The Labute approximate surface area is 82.9 Å². The lowest BCUT2D eigenvalue weighted by Gasteiger charge is -2.32. The van der Waals surface area contributed by atoms with Crippen molar-refractivity contribution in [1.82, 2.24) is 4.98 Å². The van der Waals surface area contributed by atoms with Crippen LogP contribution in [-0.4, -0.2) is 23.5 Å². The van der Waals surface area contributed by atoms with Crippen LogP contribution in [0.25, 0.3) is 0 Å². The first-order valence-electron chi connectivity index (χ1n) is 4.68. The van der Waals surface area contributed by atoms with E-state index in [0.29, 0.717) is 6.54 Å². The molecule has 1 aromatic heterocycles. The molecule has 1 aliphatic heterocycles. The molecule has 1 aliphatic rings. The predicted octanol–water partition coefficient (Wildman–Crippen LogP) is 1.25. The van der Waals surface area contributed by atoms with E-state index >= 15 is 0 Å². The van der Waals surface area contributed by atoms with Crippen LogP contribution in [0.5, 0.6) is 0 Å². The van der Waals surface area contributed by atoms with E-state index in [9.17, 15) is 4.79 Å². The first kappa shape index (κ1) is 8.99. The fourth-order valence-electron chi connectivity index (χ4n) is 1.67. The van der Waals surface area contributed by atoms with E-state index in [2.05, 4.69) is 10.3 Å². The number of fused-ring (bicyclic) bond motifs is 1. The lowest BCUT2D eigenvalue weighted by atomic mass is 10.2. The number of nitrogens with one attached hydrogen (secondary N) is 1. The highest BCUT2D eigenvalue weighted by atomic mass is 16.2. The largest absolute Gasteiger partial charge is 0.378 e. The van der Waals surface area contributed by atoms with Crippen molar-refractivity contribution in [2.24, 2.45) is 0 Å². The van der Waals surface area contributed by atoms with E-state index in [1.165, 1.54) is 0 Å². The van der Waals surface area contributed by atoms with Gasteiger partial charge in [0.25, 0.3) is 0 Å². The number of aromatic nitrogens is 1. The molecule has 4 nitrogen and oxygen atoms in total. The van der Waals surface area contributed by atoms with Crippen LogP contribution < -0.4 is 10.2 Å². The van der Waals surface area contributed by atoms with Crippen LogP contribution >= 0.6 is 0 Å². The Morgan fingerprint density at radius 2 is 2.50 bits per heavy atom. The number of nitrogens with zero attached hydrogens (tertiary/aromatic N) is 2. The second kappa shape index (κ2) is 3.29. The molecule has 2 heterocycles. The third-order valence-corrected chi connectivity index (χ3v) is 2.28. The van der Waals surface area contributed by atoms with Gasteiger partial charge in [0.15, 0.2) is 5.82 Å². The Kier molecular flexibility index (Phi) is 2.11. The Balaban J connectivity index is 2.43. The SMILES string of the molecule is CC(=O)N1C[C@H](C)Nc2cccnc21. The van der Waals surface area contributed by atoms with Gasteiger partial charge in [-0.1, -0.05) is 0 Å². The summed E-state index contributed by atoms with van der Waals surface area (Å²) in [5.41, 5.74) is 0.932. The van der Waals surface area contributed by atoms with Gasteiger partial charge in [-0.15, -0.1) is 0 Å². The standard InChI is InChI=1S/C10H13N3O/c1-7-6-13(8(2)14)10-9(12-7)4-3-5-11-10/h3-5,7,12H,6H2,1-2H3/t7-/m0/s1. The van der Waals surface area contributed by atoms with Crippen molar-refractivity contribution in [3.63, 3.8) is 0 Å². The zero-order chi connectivity index (χ0) is 10.1. The number of hydrogen-bond acceptors (Lipinski definition) is 3. The second-order valence-electron chi connectivity index (χ2n) is 3.55. The average molecular weight is 191 g/mol. The predicted molar refractivity (Wildman–Crippen MR) is 55.3 cm³/mol. The number of pyridine rings is 1. The molecule has 0 bridgehead atoms. The van der Waals surface area contributed by atoms with E-state index in [0.717, 1.165) is 11.5 Å². The summed E-state index contributed by atoms with van der Waals surface area (Å²) in [7, 11) is 0. The minimum atomic E-state index is 0.0401. The Bertz CT molecular complexity index is 364. The molecule has 0 saturated carbocycles. The molecule has 2 rings (SSSR count). The highest BCUT2D eigenvalue weighted by molar-refractivity contribution is 5.94. The van der Waals surface area contributed by atoms with Gasteiger partial charge in [0.2, 0.25) is 5.91 Å². The van der Waals surface area contributed by atoms with E-state index in [1.807, 2.05) is 19.1 Å². The fourth-order valence-corrected chi connectivity index (χ4v) is 1.67. The van der Waals surface area contributed by atoms with Gasteiger partial charge in [-0.25, -0.2) is 4.98 Å². The van der Waals surface area contributed by atoms with Crippen LogP contribution in [0, 0.1) is 0 Å². The minimum absolute atomic E-state index is 0.0401. The number of anilines is 2. The van der Waals surface area contributed by atoms with Gasteiger partial charge in [0.1, 0.15) is 0 Å². The smallest absolute Gasteiger partial charge is 0.225 e. The van der Waals surface area contributed by atoms with E-state index in [-0.39, 0.29) is 11.9 Å². The zero-order valence-corrected chi connectivity index (χ0v) is 8.32. The Hall–Kier alpha value is -1.58. The third kappa shape index (κ3) is 1.43. The summed E-state index contributed by atoms with van der Waals surface area (Å²) in [6, 6.07) is 4.08. The summed E-state index contributed by atoms with van der Waals surface area (Å²) in [6.07, 6.45) is 1.70. The molecule has 1 N–H and O–H groups in total. The highest BCUT2D eigenvalue weighted by Gasteiger charge is 2.24. The molecule has 1 amide bonds. The van der Waals surface area contributed by atoms with Crippen LogP contribution in [0.1, 0.15) is 13.8 Å². The fraction of sp³-hybridized carbons (Fsp3) is 0.400. The lowest BCUT2D eigenvalue weighted by Crippen LogP contribution is -2.42. The van der Waals surface area contributed by atoms with Crippen LogP contribution in [0.3, 0.4) is 0 Å². The Morgan fingerprint density at radius 3 is 3.21 bits per heavy atom. The first-order valence-corrected chi connectivity index (χ1v) is 4.68. The number of amides is 1. The van der Waals surface area contributed by atoms with Crippen molar-refractivity contribution in [1.29, 1.82) is 0 Å². The van der Waals surface area contributed by atoms with Gasteiger partial charge >= 0.3 is 0 Å². The highest BCUT2D eigenvalue weighted by Crippen LogP contribution is 2.27. The maximum Gasteiger partial charge on any atom is 0.225 e. The monoisotopic (exact) mass is 191 g/mol. The topological polar surface area (TPSA) is 45.2 Å². The van der Waals surface area contributed by atoms with Gasteiger partial charge in [0, 0.05) is 25.7 Å². The van der Waals surface area contributed by atoms with Crippen molar-refractivity contribution < 1.29 is 4.79 Å². The summed E-state index contributed by atoms with van der Waals surface area (Å²) >= 11 is 0. The van der Waals surface area contributed by atoms with Crippen LogP contribution in [0.15, 0.2) is 18.3 Å². The van der Waals surface area contributed by atoms with Gasteiger partial charge in [-0.3, -0.25) is 9.69 Å². The molecule has 14 heavy (non-hydrogen) atoms. The third-order valence-electron chi connectivity index (χ3n) is 2.28. The molecule has 0 unspecified atom stereocenters. The number of hydrogen-bond donors (Lipinski definition) is 1. The summed E-state index contributed by atoms with van der Waals surface area (Å²) < 4.78 is 0. The van der Waals surface area contributed by atoms with E-state index in [4.69, 9.17) is 0 Å². The van der Waals surface area contributed by atoms with Gasteiger partial charge in [0.05, 0.1) is 5.69 Å². The Morgan fingerprint density at radius 1 is 1.71 bits per heavy atom. The molecule has 1 atom stereocenters. The van der Waals surface area contributed by atoms with Crippen molar-refractivity contribution in [3.8, 4) is 0 Å². The molecule has 0 fully saturated rings. The molecule has 0 spiro atoms. The average Bonchev–Trinajstić information content (AvgIpc) is 2.16. The summed E-state index contributed by atoms with van der Waals surface area (Å²) in [5.74, 6) is 0.774. The molecule has 0 aliphatic carbocycles. The van der Waals surface area contributed by atoms with Crippen molar-refractivity contribution in [3.05, 3.63) is 18.3 Å². The maximum absolute atomic E-state index is 11.4. The summed E-state index contributed by atoms with van der Waals surface area (Å²) in [4.78, 5) is 17.3. The zero-order valence-electron chi connectivity index (χ0n) is 8.32. The van der Waals surface area contributed by atoms with E-state index < -0.39 is 0 Å². The van der Waals surface area contributed by atoms with Gasteiger partial charge < -0.3 is 5.32 Å². The maximum atomic E-state index is 11.4. The number of rotatable bonds is 0. The van der Waals surface area contributed by atoms with Crippen molar-refractivity contribution in [2.45, 2.75) is 19.9 Å². The van der Waals surface area contributed by atoms with Gasteiger partial charge in [-0.2, -0.15) is 0 Å². The second-order valence-corrected chi connectivity index (χ2v) is 3.55. The van der Waals surface area contributed by atoms with Crippen molar-refractivity contribution in [2.75, 3.05) is 16.8 Å². The quantitative estimate of drug-likeness (QED) is 0.671. The molecule has 0 saturated heterocycles. The molecular formula is C10H13N3O. The lowest BCUT2D eigenvalue weighted by molar-refractivity contribution is -0.116. The van der Waals surface area contributed by atoms with Crippen LogP contribution in [0.4, 0.5) is 11.5 Å². The van der Waals surface area contributed by atoms with Crippen LogP contribution in [0.2, 0.25) is 0 Å². The number of carbonyl (C=O) groups excluding carboxylic acids is 1. The van der Waals surface area contributed by atoms with Gasteiger partial charge in [-0.05, 0) is 19.1 Å². The summed E-state index contributed by atoms with van der Waals surface area (Å²) in [5, 5.41) is 3.29. The normalized spacial score (nSPS) is 19.9. The molecule has 1 aromatic rings. The first-order chi connectivity index (χ1) is 6.68. The molecule has 74 valence electrons. The minimum Gasteiger partial charge on any atom is -0.378 e. The molecule has 0 aromatic carbocycles. The number of carbonyl (C=O) groups is 1. The summed E-state index contributed by atoms with van der Waals surface area (Å²) in [6.45, 7) is 4.29.